The molecule has 1 aliphatic rings. The zero-order valence-corrected chi connectivity index (χ0v) is 17.6. The van der Waals surface area contributed by atoms with Crippen LogP contribution in [-0.4, -0.2) is 17.3 Å². The number of allylic oxidation sites excluding steroid dienone is 3. The second kappa shape index (κ2) is 9.13. The second-order valence-electron chi connectivity index (χ2n) is 6.61. The highest BCUT2D eigenvalue weighted by Crippen LogP contribution is 2.43. The van der Waals surface area contributed by atoms with Gasteiger partial charge >= 0.3 is 0 Å². The molecule has 0 aromatic heterocycles. The first-order valence-corrected chi connectivity index (χ1v) is 10.4. The third-order valence-electron chi connectivity index (χ3n) is 4.69. The Morgan fingerprint density at radius 1 is 1.14 bits per heavy atom. The summed E-state index contributed by atoms with van der Waals surface area (Å²) in [5.41, 5.74) is 2.88. The summed E-state index contributed by atoms with van der Waals surface area (Å²) in [6.07, 6.45) is 0. The molecule has 29 heavy (non-hydrogen) atoms. The molecular weight excluding hydrogens is 404 g/mol. The van der Waals surface area contributed by atoms with Gasteiger partial charge in [0, 0.05) is 21.9 Å². The smallest absolute Gasteiger partial charge is 0.173 e. The first-order chi connectivity index (χ1) is 13.9. The lowest BCUT2D eigenvalue weighted by atomic mass is 9.81. The standard InChI is InChI=1S/C23H19ClN2O2S/c1-14-21(15(2)27)22(17-10-6-7-11-19(17)24)18(12-25)23(26-14)29-13-20(28)16-8-4-3-5-9-16/h3-11,22,26H,13H2,1-2H3. The number of nitrogens with zero attached hydrogens (tertiary/aromatic N) is 1. The fourth-order valence-electron chi connectivity index (χ4n) is 3.36. The zero-order chi connectivity index (χ0) is 21.0. The number of thioether (sulfide) groups is 1. The largest absolute Gasteiger partial charge is 0.353 e. The van der Waals surface area contributed by atoms with Gasteiger partial charge < -0.3 is 5.32 Å². The van der Waals surface area contributed by atoms with E-state index in [1.165, 1.54) is 18.7 Å². The van der Waals surface area contributed by atoms with E-state index in [0.717, 1.165) is 0 Å². The van der Waals surface area contributed by atoms with Crippen LogP contribution in [0.2, 0.25) is 5.02 Å². The van der Waals surface area contributed by atoms with Crippen LogP contribution in [0, 0.1) is 11.3 Å². The molecule has 3 rings (SSSR count). The van der Waals surface area contributed by atoms with E-state index in [-0.39, 0.29) is 17.3 Å². The first kappa shape index (κ1) is 20.9. The molecule has 0 radical (unpaired) electrons. The van der Waals surface area contributed by atoms with Gasteiger partial charge in [0.1, 0.15) is 0 Å². The Bertz CT molecular complexity index is 1070. The summed E-state index contributed by atoms with van der Waals surface area (Å²) in [4.78, 5) is 24.9. The molecule has 2 aromatic carbocycles. The Kier molecular flexibility index (Phi) is 6.58. The van der Waals surface area contributed by atoms with Crippen molar-refractivity contribution in [2.75, 3.05) is 5.75 Å². The first-order valence-electron chi connectivity index (χ1n) is 9.02. The van der Waals surface area contributed by atoms with Crippen molar-refractivity contribution in [3.8, 4) is 6.07 Å². The molecule has 6 heteroatoms. The molecule has 1 unspecified atom stereocenters. The Labute approximate surface area is 179 Å². The minimum atomic E-state index is -0.568. The van der Waals surface area contributed by atoms with Gasteiger partial charge in [0.25, 0.3) is 0 Å². The fourth-order valence-corrected chi connectivity index (χ4v) is 4.59. The number of nitrogens with one attached hydrogen (secondary N) is 1. The van der Waals surface area contributed by atoms with E-state index in [1.54, 1.807) is 31.2 Å². The summed E-state index contributed by atoms with van der Waals surface area (Å²) in [6, 6.07) is 18.5. The van der Waals surface area contributed by atoms with Gasteiger partial charge in [-0.1, -0.05) is 71.9 Å². The lowest BCUT2D eigenvalue weighted by Gasteiger charge is -2.29. The van der Waals surface area contributed by atoms with Crippen LogP contribution in [-0.2, 0) is 4.79 Å². The summed E-state index contributed by atoms with van der Waals surface area (Å²) in [5, 5.41) is 14.2. The number of hydrogen-bond acceptors (Lipinski definition) is 5. The number of ketones is 2. The van der Waals surface area contributed by atoms with E-state index >= 15 is 0 Å². The Morgan fingerprint density at radius 3 is 2.41 bits per heavy atom. The van der Waals surface area contributed by atoms with Gasteiger partial charge in [-0.05, 0) is 25.5 Å². The van der Waals surface area contributed by atoms with Gasteiger partial charge in [-0.15, -0.1) is 0 Å². The molecule has 146 valence electrons. The third-order valence-corrected chi connectivity index (χ3v) is 6.05. The molecule has 0 saturated heterocycles. The van der Waals surface area contributed by atoms with Crippen LogP contribution < -0.4 is 5.32 Å². The third kappa shape index (κ3) is 4.45. The molecule has 1 N–H and O–H groups in total. The van der Waals surface area contributed by atoms with Crippen molar-refractivity contribution in [2.45, 2.75) is 19.8 Å². The van der Waals surface area contributed by atoms with Crippen LogP contribution in [0.15, 0.2) is 76.5 Å². The van der Waals surface area contributed by atoms with Crippen LogP contribution in [0.25, 0.3) is 0 Å². The van der Waals surface area contributed by atoms with Crippen LogP contribution in [0.3, 0.4) is 0 Å². The summed E-state index contributed by atoms with van der Waals surface area (Å²) in [7, 11) is 0. The van der Waals surface area contributed by atoms with Crippen molar-refractivity contribution in [1.82, 2.24) is 5.32 Å². The summed E-state index contributed by atoms with van der Waals surface area (Å²) >= 11 is 7.67. The monoisotopic (exact) mass is 422 g/mol. The van der Waals surface area contributed by atoms with E-state index in [2.05, 4.69) is 11.4 Å². The van der Waals surface area contributed by atoms with Crippen LogP contribution in [0.4, 0.5) is 0 Å². The number of Topliss-reactive ketones (excluding diaryl/α,β-unsaturated/α-hetero) is 2. The fraction of sp³-hybridized carbons (Fsp3) is 0.174. The Hall–Kier alpha value is -2.81. The van der Waals surface area contributed by atoms with Gasteiger partial charge in [-0.2, -0.15) is 5.26 Å². The summed E-state index contributed by atoms with van der Waals surface area (Å²) in [5.74, 6) is -0.551. The normalized spacial score (nSPS) is 16.3. The minimum Gasteiger partial charge on any atom is -0.353 e. The lowest BCUT2D eigenvalue weighted by molar-refractivity contribution is -0.113. The maximum Gasteiger partial charge on any atom is 0.173 e. The highest BCUT2D eigenvalue weighted by Gasteiger charge is 2.34. The van der Waals surface area contributed by atoms with Gasteiger partial charge in [0.2, 0.25) is 0 Å². The number of nitriles is 1. The molecule has 0 aliphatic carbocycles. The SMILES string of the molecule is CC(=O)C1=C(C)NC(SCC(=O)c2ccccc2)=C(C#N)C1c1ccccc1Cl. The van der Waals surface area contributed by atoms with E-state index < -0.39 is 5.92 Å². The van der Waals surface area contributed by atoms with E-state index in [0.29, 0.717) is 38.0 Å². The van der Waals surface area contributed by atoms with Crippen molar-refractivity contribution in [3.63, 3.8) is 0 Å². The maximum atomic E-state index is 12.5. The van der Waals surface area contributed by atoms with Gasteiger partial charge in [-0.25, -0.2) is 0 Å². The van der Waals surface area contributed by atoms with Crippen LogP contribution in [0.5, 0.6) is 0 Å². The van der Waals surface area contributed by atoms with E-state index in [4.69, 9.17) is 11.6 Å². The molecule has 4 nitrogen and oxygen atoms in total. The van der Waals surface area contributed by atoms with Crippen molar-refractivity contribution in [1.29, 1.82) is 5.26 Å². The molecule has 0 spiro atoms. The lowest BCUT2D eigenvalue weighted by Crippen LogP contribution is -2.27. The minimum absolute atomic E-state index is 0.0320. The van der Waals surface area contributed by atoms with Crippen LogP contribution in [0.1, 0.15) is 35.7 Å². The Morgan fingerprint density at radius 2 is 1.79 bits per heavy atom. The van der Waals surface area contributed by atoms with Crippen molar-refractivity contribution >= 4 is 34.9 Å². The second-order valence-corrected chi connectivity index (χ2v) is 8.00. The summed E-state index contributed by atoms with van der Waals surface area (Å²) in [6.45, 7) is 3.28. The van der Waals surface area contributed by atoms with E-state index in [1.807, 2.05) is 30.3 Å². The number of benzene rings is 2. The number of hydrogen-bond donors (Lipinski definition) is 1. The zero-order valence-electron chi connectivity index (χ0n) is 16.0. The van der Waals surface area contributed by atoms with Gasteiger partial charge in [0.05, 0.1) is 28.3 Å². The molecular formula is C23H19ClN2O2S. The van der Waals surface area contributed by atoms with Gasteiger partial charge in [-0.3, -0.25) is 9.59 Å². The molecule has 0 saturated carbocycles. The molecule has 1 aliphatic heterocycles. The van der Waals surface area contributed by atoms with Crippen molar-refractivity contribution < 1.29 is 9.59 Å². The highest BCUT2D eigenvalue weighted by molar-refractivity contribution is 8.03. The number of dihydropyridines is 1. The van der Waals surface area contributed by atoms with Crippen LogP contribution >= 0.6 is 23.4 Å². The molecule has 0 bridgehead atoms. The molecule has 0 fully saturated rings. The maximum absolute atomic E-state index is 12.5. The van der Waals surface area contributed by atoms with Crippen molar-refractivity contribution in [2.24, 2.45) is 0 Å². The van der Waals surface area contributed by atoms with Crippen molar-refractivity contribution in [3.05, 3.63) is 92.6 Å². The summed E-state index contributed by atoms with van der Waals surface area (Å²) < 4.78 is 0. The topological polar surface area (TPSA) is 70.0 Å². The predicted octanol–water partition coefficient (Wildman–Crippen LogP) is 5.24. The number of carbonyl (C=O) groups is 2. The average Bonchev–Trinajstić information content (AvgIpc) is 2.72. The quantitative estimate of drug-likeness (QED) is 0.644. The molecule has 2 aromatic rings. The van der Waals surface area contributed by atoms with Gasteiger partial charge in [0.15, 0.2) is 11.6 Å². The molecule has 1 heterocycles. The molecule has 0 amide bonds. The average molecular weight is 423 g/mol. The number of halogens is 1. The Balaban J connectivity index is 1.99. The molecule has 1 atom stereocenters. The number of rotatable bonds is 6. The van der Waals surface area contributed by atoms with E-state index in [9.17, 15) is 14.9 Å². The number of carbonyl (C=O) groups excluding carboxylic acids is 2. The predicted molar refractivity (Wildman–Crippen MR) is 117 cm³/mol. The highest BCUT2D eigenvalue weighted by atomic mass is 35.5.